The van der Waals surface area contributed by atoms with Gasteiger partial charge in [-0.05, 0) is 44.1 Å². The highest BCUT2D eigenvalue weighted by Gasteiger charge is 2.22. The van der Waals surface area contributed by atoms with Crippen LogP contribution in [0.2, 0.25) is 0 Å². The smallest absolute Gasteiger partial charge is 0.317 e. The number of carbonyl (C=O) groups is 2. The SMILES string of the molecule is O=C(O)CNCC(=O)c1nc(CN2CCCCC2)c2c(c1O)=CC[C@@H](Oc1ccccc1)C=2. The molecule has 4 rings (SSSR count). The first-order valence-corrected chi connectivity index (χ1v) is 11.3. The van der Waals surface area contributed by atoms with Gasteiger partial charge in [-0.3, -0.25) is 19.8 Å². The number of likely N-dealkylation sites (tertiary alicyclic amines) is 1. The van der Waals surface area contributed by atoms with E-state index in [1.165, 1.54) is 6.42 Å². The summed E-state index contributed by atoms with van der Waals surface area (Å²) in [4.78, 5) is 30.4. The van der Waals surface area contributed by atoms with Gasteiger partial charge in [-0.1, -0.05) is 30.7 Å². The third-order valence-corrected chi connectivity index (χ3v) is 5.91. The fraction of sp³-hybridized carbons (Fsp3) is 0.400. The monoisotopic (exact) mass is 451 g/mol. The highest BCUT2D eigenvalue weighted by Crippen LogP contribution is 2.18. The minimum atomic E-state index is -1.05. The number of carbonyl (C=O) groups excluding carboxylic acids is 1. The van der Waals surface area contributed by atoms with E-state index in [2.05, 4.69) is 15.2 Å². The Labute approximate surface area is 192 Å². The average molecular weight is 452 g/mol. The number of aromatic hydroxyl groups is 1. The normalized spacial score (nSPS) is 18.0. The number of ketones is 1. The lowest BCUT2D eigenvalue weighted by Crippen LogP contribution is -2.41. The molecule has 1 saturated heterocycles. The van der Waals surface area contributed by atoms with Crippen LogP contribution in [-0.4, -0.2) is 64.1 Å². The summed E-state index contributed by atoms with van der Waals surface area (Å²) in [5, 5.41) is 23.6. The Kier molecular flexibility index (Phi) is 7.36. The molecule has 0 saturated carbocycles. The second kappa shape index (κ2) is 10.6. The topological polar surface area (TPSA) is 112 Å². The van der Waals surface area contributed by atoms with Gasteiger partial charge in [0, 0.05) is 23.4 Å². The number of ether oxygens (including phenoxy) is 1. The predicted octanol–water partition coefficient (Wildman–Crippen LogP) is 1.04. The molecule has 2 heterocycles. The number of nitrogens with one attached hydrogen (secondary N) is 1. The third-order valence-electron chi connectivity index (χ3n) is 5.91. The average Bonchev–Trinajstić information content (AvgIpc) is 2.82. The molecule has 33 heavy (non-hydrogen) atoms. The number of aromatic nitrogens is 1. The molecule has 1 aromatic heterocycles. The van der Waals surface area contributed by atoms with Crippen molar-refractivity contribution in [2.24, 2.45) is 0 Å². The summed E-state index contributed by atoms with van der Waals surface area (Å²) in [5.74, 6) is -0.887. The van der Waals surface area contributed by atoms with Crippen molar-refractivity contribution in [3.63, 3.8) is 0 Å². The summed E-state index contributed by atoms with van der Waals surface area (Å²) in [5.41, 5.74) is 0.703. The van der Waals surface area contributed by atoms with Crippen LogP contribution < -0.4 is 20.5 Å². The van der Waals surface area contributed by atoms with Gasteiger partial charge in [0.25, 0.3) is 0 Å². The first-order valence-electron chi connectivity index (χ1n) is 11.3. The van der Waals surface area contributed by atoms with Crippen LogP contribution in [0.4, 0.5) is 0 Å². The molecule has 0 amide bonds. The molecule has 174 valence electrons. The number of carboxylic acids is 1. The van der Waals surface area contributed by atoms with Gasteiger partial charge in [0.05, 0.1) is 18.8 Å². The van der Waals surface area contributed by atoms with E-state index in [-0.39, 0.29) is 30.6 Å². The molecule has 0 radical (unpaired) electrons. The maximum atomic E-state index is 12.7. The van der Waals surface area contributed by atoms with Crippen LogP contribution in [0.3, 0.4) is 0 Å². The summed E-state index contributed by atoms with van der Waals surface area (Å²) < 4.78 is 6.11. The largest absolute Gasteiger partial charge is 0.505 e. The molecule has 2 aliphatic rings. The lowest BCUT2D eigenvalue weighted by atomic mass is 10.0. The van der Waals surface area contributed by atoms with Crippen LogP contribution >= 0.6 is 0 Å². The fourth-order valence-electron chi connectivity index (χ4n) is 4.31. The zero-order valence-corrected chi connectivity index (χ0v) is 18.5. The molecule has 1 aromatic carbocycles. The van der Waals surface area contributed by atoms with Gasteiger partial charge in [0.1, 0.15) is 17.5 Å². The van der Waals surface area contributed by atoms with Crippen molar-refractivity contribution in [1.82, 2.24) is 15.2 Å². The fourth-order valence-corrected chi connectivity index (χ4v) is 4.31. The Morgan fingerprint density at radius 2 is 1.85 bits per heavy atom. The third kappa shape index (κ3) is 5.77. The Hall–Kier alpha value is -3.23. The summed E-state index contributed by atoms with van der Waals surface area (Å²) in [6.07, 6.45) is 7.67. The number of nitrogens with zero attached hydrogens (tertiary/aromatic N) is 2. The second-order valence-electron chi connectivity index (χ2n) is 8.42. The second-order valence-corrected chi connectivity index (χ2v) is 8.42. The number of benzene rings is 1. The number of piperidine rings is 1. The Bertz CT molecular complexity index is 1130. The maximum Gasteiger partial charge on any atom is 0.317 e. The van der Waals surface area contributed by atoms with Crippen molar-refractivity contribution < 1.29 is 24.5 Å². The Balaban J connectivity index is 1.68. The van der Waals surface area contributed by atoms with Gasteiger partial charge in [-0.15, -0.1) is 0 Å². The van der Waals surface area contributed by atoms with Gasteiger partial charge in [0.15, 0.2) is 11.5 Å². The number of hydrogen-bond donors (Lipinski definition) is 3. The molecule has 1 aliphatic heterocycles. The van der Waals surface area contributed by atoms with Crippen molar-refractivity contribution in [2.75, 3.05) is 26.2 Å². The van der Waals surface area contributed by atoms with E-state index in [4.69, 9.17) is 9.84 Å². The molecule has 8 heteroatoms. The van der Waals surface area contributed by atoms with Gasteiger partial charge < -0.3 is 14.9 Å². The van der Waals surface area contributed by atoms with E-state index in [0.29, 0.717) is 18.2 Å². The number of hydrogen-bond acceptors (Lipinski definition) is 7. The van der Waals surface area contributed by atoms with E-state index < -0.39 is 11.8 Å². The number of rotatable bonds is 9. The molecule has 2 aromatic rings. The molecule has 0 spiro atoms. The predicted molar refractivity (Wildman–Crippen MR) is 124 cm³/mol. The maximum absolute atomic E-state index is 12.7. The van der Waals surface area contributed by atoms with E-state index >= 15 is 0 Å². The molecule has 0 bridgehead atoms. The summed E-state index contributed by atoms with van der Waals surface area (Å²) in [6.45, 7) is 1.96. The van der Waals surface area contributed by atoms with E-state index in [1.54, 1.807) is 0 Å². The van der Waals surface area contributed by atoms with Crippen LogP contribution in [0.1, 0.15) is 41.9 Å². The number of carboxylic acid groups (broad SMARTS) is 1. The highest BCUT2D eigenvalue weighted by atomic mass is 16.5. The Morgan fingerprint density at radius 1 is 1.09 bits per heavy atom. The molecule has 1 fully saturated rings. The van der Waals surface area contributed by atoms with Crippen LogP contribution in [-0.2, 0) is 11.3 Å². The van der Waals surface area contributed by atoms with Gasteiger partial charge in [-0.25, -0.2) is 4.98 Å². The van der Waals surface area contributed by atoms with Crippen molar-refractivity contribution in [1.29, 1.82) is 0 Å². The molecule has 1 aliphatic carbocycles. The number of para-hydroxylation sites is 1. The van der Waals surface area contributed by atoms with Gasteiger partial charge in [0.2, 0.25) is 0 Å². The number of aliphatic carboxylic acids is 1. The zero-order chi connectivity index (χ0) is 23.2. The molecule has 0 unspecified atom stereocenters. The first kappa shape index (κ1) is 22.9. The summed E-state index contributed by atoms with van der Waals surface area (Å²) >= 11 is 0. The van der Waals surface area contributed by atoms with Gasteiger partial charge >= 0.3 is 5.97 Å². The number of fused-ring (bicyclic) bond motifs is 1. The minimum Gasteiger partial charge on any atom is -0.505 e. The van der Waals surface area contributed by atoms with Crippen LogP contribution in [0, 0.1) is 0 Å². The lowest BCUT2D eigenvalue weighted by molar-refractivity contribution is -0.135. The van der Waals surface area contributed by atoms with E-state index in [0.717, 1.165) is 42.6 Å². The standard InChI is InChI=1S/C25H29N3O5/c29-22(14-26-15-23(30)31)24-25(32)19-10-9-18(33-17-7-3-1-4-8-17)13-20(19)21(27-24)16-28-11-5-2-6-12-28/h1,3-4,7-8,10,13,18,26,32H,2,5-6,9,11-12,14-16H2,(H,30,31)/t18-/m1/s1. The molecular weight excluding hydrogens is 422 g/mol. The number of pyridine rings is 1. The quantitative estimate of drug-likeness (QED) is 0.485. The van der Waals surface area contributed by atoms with Crippen molar-refractivity contribution >= 4 is 23.9 Å². The van der Waals surface area contributed by atoms with Crippen LogP contribution in [0.15, 0.2) is 30.3 Å². The van der Waals surface area contributed by atoms with Gasteiger partial charge in [-0.2, -0.15) is 0 Å². The molecule has 8 nitrogen and oxygen atoms in total. The summed E-state index contributed by atoms with van der Waals surface area (Å²) in [7, 11) is 0. The van der Waals surface area contributed by atoms with Crippen LogP contribution in [0.25, 0.3) is 12.2 Å². The lowest BCUT2D eigenvalue weighted by Gasteiger charge is -2.27. The van der Waals surface area contributed by atoms with E-state index in [1.807, 2.05) is 42.5 Å². The minimum absolute atomic E-state index is 0.0225. The summed E-state index contributed by atoms with van der Waals surface area (Å²) in [6, 6.07) is 9.57. The van der Waals surface area contributed by atoms with E-state index in [9.17, 15) is 14.7 Å². The zero-order valence-electron chi connectivity index (χ0n) is 18.5. The highest BCUT2D eigenvalue weighted by molar-refractivity contribution is 5.98. The van der Waals surface area contributed by atoms with Crippen molar-refractivity contribution in [2.45, 2.75) is 38.3 Å². The molecule has 1 atom stereocenters. The molecular formula is C25H29N3O5. The van der Waals surface area contributed by atoms with Crippen molar-refractivity contribution in [3.8, 4) is 11.5 Å². The number of Topliss-reactive ketones (excluding diaryl/α,β-unsaturated/α-hetero) is 1. The van der Waals surface area contributed by atoms with Crippen molar-refractivity contribution in [3.05, 3.63) is 52.2 Å². The molecule has 3 N–H and O–H groups in total. The Morgan fingerprint density at radius 3 is 2.58 bits per heavy atom. The first-order chi connectivity index (χ1) is 16.0. The van der Waals surface area contributed by atoms with Crippen LogP contribution in [0.5, 0.6) is 11.5 Å².